The first-order chi connectivity index (χ1) is 8.64. The van der Waals surface area contributed by atoms with Crippen molar-refractivity contribution in [1.82, 2.24) is 10.3 Å². The zero-order valence-electron chi connectivity index (χ0n) is 10.7. The van der Waals surface area contributed by atoms with E-state index >= 15 is 0 Å². The third-order valence-electron chi connectivity index (χ3n) is 2.48. The van der Waals surface area contributed by atoms with Crippen LogP contribution in [0.4, 0.5) is 8.78 Å². The molecule has 1 amide bonds. The molecule has 0 saturated carbocycles. The monoisotopic (exact) mass is 272 g/mol. The molecule has 1 aromatic heterocycles. The smallest absolute Gasteiger partial charge is 0.326 e. The Kier molecular flexibility index (Phi) is 4.18. The number of carboxylic acid groups (broad SMARTS) is 1. The van der Waals surface area contributed by atoms with Crippen molar-refractivity contribution in [2.75, 3.05) is 0 Å². The molecule has 0 bridgehead atoms. The Morgan fingerprint density at radius 2 is 1.95 bits per heavy atom. The molecule has 1 rings (SSSR count). The molecule has 0 fully saturated rings. The topological polar surface area (TPSA) is 79.3 Å². The third-order valence-corrected chi connectivity index (χ3v) is 2.48. The summed E-state index contributed by atoms with van der Waals surface area (Å²) in [6.45, 7) is 4.82. The summed E-state index contributed by atoms with van der Waals surface area (Å²) in [5.41, 5.74) is -1.35. The van der Waals surface area contributed by atoms with Crippen molar-refractivity contribution < 1.29 is 23.5 Å². The first kappa shape index (κ1) is 15.0. The van der Waals surface area contributed by atoms with Gasteiger partial charge in [-0.1, -0.05) is 20.8 Å². The number of halogens is 2. The maximum atomic E-state index is 13.4. The molecule has 1 heterocycles. The minimum Gasteiger partial charge on any atom is -0.480 e. The van der Waals surface area contributed by atoms with Crippen LogP contribution in [0.25, 0.3) is 0 Å². The van der Waals surface area contributed by atoms with Gasteiger partial charge in [0, 0.05) is 6.20 Å². The number of hydrogen-bond acceptors (Lipinski definition) is 3. The van der Waals surface area contributed by atoms with E-state index in [-0.39, 0.29) is 0 Å². The highest BCUT2D eigenvalue weighted by atomic mass is 19.2. The normalized spacial score (nSPS) is 12.9. The minimum absolute atomic E-state index is 0.581. The number of carbonyl (C=O) groups excluding carboxylic acids is 1. The summed E-state index contributed by atoms with van der Waals surface area (Å²) >= 11 is 0. The number of aromatic nitrogens is 1. The summed E-state index contributed by atoms with van der Waals surface area (Å²) in [4.78, 5) is 25.9. The van der Waals surface area contributed by atoms with Gasteiger partial charge in [-0.25, -0.2) is 14.2 Å². The maximum Gasteiger partial charge on any atom is 0.326 e. The largest absolute Gasteiger partial charge is 0.480 e. The van der Waals surface area contributed by atoms with Crippen molar-refractivity contribution in [3.63, 3.8) is 0 Å². The summed E-state index contributed by atoms with van der Waals surface area (Å²) in [5.74, 6) is -5.06. The highest BCUT2D eigenvalue weighted by Crippen LogP contribution is 2.20. The Morgan fingerprint density at radius 3 is 2.42 bits per heavy atom. The number of aliphatic carboxylic acids is 1. The van der Waals surface area contributed by atoms with Crippen molar-refractivity contribution in [3.05, 3.63) is 29.6 Å². The molecule has 0 radical (unpaired) electrons. The molecule has 1 aromatic rings. The van der Waals surface area contributed by atoms with E-state index < -0.39 is 40.7 Å². The van der Waals surface area contributed by atoms with Crippen molar-refractivity contribution in [3.8, 4) is 0 Å². The van der Waals surface area contributed by atoms with Gasteiger partial charge in [0.2, 0.25) is 5.95 Å². The Morgan fingerprint density at radius 1 is 1.37 bits per heavy atom. The number of rotatable bonds is 3. The average molecular weight is 272 g/mol. The number of pyridine rings is 1. The van der Waals surface area contributed by atoms with Crippen LogP contribution in [-0.4, -0.2) is 28.0 Å². The molecular weight excluding hydrogens is 258 g/mol. The fourth-order valence-electron chi connectivity index (χ4n) is 1.45. The van der Waals surface area contributed by atoms with Gasteiger partial charge in [0.15, 0.2) is 5.82 Å². The number of carboxylic acids is 1. The quantitative estimate of drug-likeness (QED) is 0.819. The lowest BCUT2D eigenvalue weighted by molar-refractivity contribution is -0.142. The molecule has 0 unspecified atom stereocenters. The molecular formula is C12H14F2N2O3. The average Bonchev–Trinajstić information content (AvgIpc) is 2.27. The van der Waals surface area contributed by atoms with Crippen LogP contribution >= 0.6 is 0 Å². The van der Waals surface area contributed by atoms with Gasteiger partial charge in [-0.05, 0) is 11.5 Å². The predicted octanol–water partition coefficient (Wildman–Crippen LogP) is 1.59. The Labute approximate surface area is 108 Å². The van der Waals surface area contributed by atoms with Crippen LogP contribution in [0, 0.1) is 17.2 Å². The molecule has 7 heteroatoms. The van der Waals surface area contributed by atoms with E-state index in [1.54, 1.807) is 20.8 Å². The molecule has 1 atom stereocenters. The Bertz CT molecular complexity index is 512. The zero-order chi connectivity index (χ0) is 14.8. The first-order valence-electron chi connectivity index (χ1n) is 5.48. The summed E-state index contributed by atoms with van der Waals surface area (Å²) < 4.78 is 26.2. The van der Waals surface area contributed by atoms with E-state index in [2.05, 4.69) is 10.3 Å². The minimum atomic E-state index is -1.41. The lowest BCUT2D eigenvalue weighted by Crippen LogP contribution is -2.49. The second-order valence-corrected chi connectivity index (χ2v) is 5.07. The lowest BCUT2D eigenvalue weighted by Gasteiger charge is -2.27. The SMILES string of the molecule is CC(C)(C)[C@H](NC(=O)c1ccnc(F)c1F)C(=O)O. The maximum absolute atomic E-state index is 13.4. The first-order valence-corrected chi connectivity index (χ1v) is 5.48. The number of amides is 1. The highest BCUT2D eigenvalue weighted by molar-refractivity contribution is 5.96. The van der Waals surface area contributed by atoms with Gasteiger partial charge in [0.1, 0.15) is 6.04 Å². The molecule has 0 spiro atoms. The van der Waals surface area contributed by atoms with Gasteiger partial charge in [0.25, 0.3) is 5.91 Å². The van der Waals surface area contributed by atoms with Gasteiger partial charge in [-0.3, -0.25) is 4.79 Å². The summed E-state index contributed by atoms with van der Waals surface area (Å²) in [6.07, 6.45) is 0.931. The number of nitrogens with one attached hydrogen (secondary N) is 1. The highest BCUT2D eigenvalue weighted by Gasteiger charge is 2.33. The van der Waals surface area contributed by atoms with Crippen LogP contribution in [0.15, 0.2) is 12.3 Å². The van der Waals surface area contributed by atoms with Crippen LogP contribution in [0.1, 0.15) is 31.1 Å². The molecule has 0 aliphatic carbocycles. The molecule has 19 heavy (non-hydrogen) atoms. The number of nitrogens with zero attached hydrogens (tertiary/aromatic N) is 1. The van der Waals surface area contributed by atoms with Crippen LogP contribution < -0.4 is 5.32 Å². The lowest BCUT2D eigenvalue weighted by atomic mass is 9.86. The third kappa shape index (κ3) is 3.46. The molecule has 0 aliphatic heterocycles. The van der Waals surface area contributed by atoms with Gasteiger partial charge in [-0.2, -0.15) is 4.39 Å². The van der Waals surface area contributed by atoms with Gasteiger partial charge < -0.3 is 10.4 Å². The van der Waals surface area contributed by atoms with E-state index in [1.807, 2.05) is 0 Å². The summed E-state index contributed by atoms with van der Waals surface area (Å²) in [7, 11) is 0. The fraction of sp³-hybridized carbons (Fsp3) is 0.417. The predicted molar refractivity (Wildman–Crippen MR) is 62.5 cm³/mol. The standard InChI is InChI=1S/C12H14F2N2O3/c1-12(2,3)8(11(18)19)16-10(17)6-4-5-15-9(14)7(6)13/h4-5,8H,1-3H3,(H,16,17)(H,18,19)/t8-/m1/s1. The van der Waals surface area contributed by atoms with Crippen LogP contribution in [-0.2, 0) is 4.79 Å². The van der Waals surface area contributed by atoms with Crippen LogP contribution in [0.5, 0.6) is 0 Å². The van der Waals surface area contributed by atoms with Crippen molar-refractivity contribution in [2.24, 2.45) is 5.41 Å². The van der Waals surface area contributed by atoms with E-state index in [1.165, 1.54) is 0 Å². The van der Waals surface area contributed by atoms with Gasteiger partial charge in [-0.15, -0.1) is 0 Å². The molecule has 0 saturated heterocycles. The summed E-state index contributed by atoms with van der Waals surface area (Å²) in [6, 6.07) is -0.245. The van der Waals surface area contributed by atoms with E-state index in [0.29, 0.717) is 0 Å². The summed E-state index contributed by atoms with van der Waals surface area (Å²) in [5, 5.41) is 11.2. The van der Waals surface area contributed by atoms with Gasteiger partial charge in [0.05, 0.1) is 5.56 Å². The van der Waals surface area contributed by atoms with E-state index in [0.717, 1.165) is 12.3 Å². The van der Waals surface area contributed by atoms with E-state index in [9.17, 15) is 18.4 Å². The van der Waals surface area contributed by atoms with Crippen molar-refractivity contribution in [1.29, 1.82) is 0 Å². The molecule has 5 nitrogen and oxygen atoms in total. The molecule has 2 N–H and O–H groups in total. The van der Waals surface area contributed by atoms with E-state index in [4.69, 9.17) is 5.11 Å². The number of carbonyl (C=O) groups is 2. The fourth-order valence-corrected chi connectivity index (χ4v) is 1.45. The van der Waals surface area contributed by atoms with Crippen molar-refractivity contribution in [2.45, 2.75) is 26.8 Å². The Balaban J connectivity index is 3.02. The van der Waals surface area contributed by atoms with Crippen LogP contribution in [0.2, 0.25) is 0 Å². The van der Waals surface area contributed by atoms with Crippen molar-refractivity contribution >= 4 is 11.9 Å². The number of hydrogen-bond donors (Lipinski definition) is 2. The Hall–Kier alpha value is -2.05. The second kappa shape index (κ2) is 5.29. The van der Waals surface area contributed by atoms with Crippen LogP contribution in [0.3, 0.4) is 0 Å². The second-order valence-electron chi connectivity index (χ2n) is 5.07. The zero-order valence-corrected chi connectivity index (χ0v) is 10.7. The molecule has 104 valence electrons. The molecule has 0 aliphatic rings. The van der Waals surface area contributed by atoms with Gasteiger partial charge >= 0.3 is 5.97 Å². The molecule has 0 aromatic carbocycles.